The molecule has 1 aromatic carbocycles. The number of nitrogens with two attached hydrogens (primary N) is 1. The van der Waals surface area contributed by atoms with Gasteiger partial charge in [-0.1, -0.05) is 15.9 Å². The van der Waals surface area contributed by atoms with Crippen LogP contribution in [0.5, 0.6) is 0 Å². The molecule has 3 N–H and O–H groups in total. The first-order valence-corrected chi connectivity index (χ1v) is 9.47. The Labute approximate surface area is 163 Å². The molecule has 0 radical (unpaired) electrons. The monoisotopic (exact) mass is 428 g/mol. The van der Waals surface area contributed by atoms with Crippen LogP contribution >= 0.6 is 15.9 Å². The highest BCUT2D eigenvalue weighted by Crippen LogP contribution is 2.35. The topological polar surface area (TPSA) is 101 Å². The molecule has 3 aromatic rings. The van der Waals surface area contributed by atoms with Crippen molar-refractivity contribution in [2.45, 2.75) is 18.5 Å². The molecule has 0 unspecified atom stereocenters. The standard InChI is InChI=1S/C18H17BrN6O2/c19-10-1-2-14-15(5-10)25(22-17(14)20)11-3-4-21-16(7-11)23-8-13-6-12(23)9-24(13)18(26)27/h1-5,7,12-13H,6,8-9H2,(H2,20,22)(H,26,27)/t12-,13-/m0/s1. The number of rotatable bonds is 2. The predicted octanol–water partition coefficient (Wildman–Crippen LogP) is 2.71. The molecule has 2 aliphatic rings. The molecule has 2 bridgehead atoms. The van der Waals surface area contributed by atoms with E-state index >= 15 is 0 Å². The number of benzene rings is 1. The first-order chi connectivity index (χ1) is 13.0. The summed E-state index contributed by atoms with van der Waals surface area (Å²) >= 11 is 3.50. The lowest BCUT2D eigenvalue weighted by atomic mass is 10.2. The number of piperazine rings is 1. The van der Waals surface area contributed by atoms with Crippen LogP contribution in [-0.2, 0) is 0 Å². The van der Waals surface area contributed by atoms with Gasteiger partial charge in [0.1, 0.15) is 5.82 Å². The van der Waals surface area contributed by atoms with E-state index in [1.807, 2.05) is 35.0 Å². The van der Waals surface area contributed by atoms with E-state index in [1.54, 1.807) is 6.20 Å². The van der Waals surface area contributed by atoms with E-state index in [4.69, 9.17) is 5.73 Å². The van der Waals surface area contributed by atoms with Crippen molar-refractivity contribution in [1.82, 2.24) is 19.7 Å². The maximum Gasteiger partial charge on any atom is 0.407 e. The highest BCUT2D eigenvalue weighted by atomic mass is 79.9. The number of nitrogen functional groups attached to an aromatic ring is 1. The smallest absolute Gasteiger partial charge is 0.407 e. The fraction of sp³-hybridized carbons (Fsp3) is 0.278. The second-order valence-electron chi connectivity index (χ2n) is 6.96. The lowest BCUT2D eigenvalue weighted by Crippen LogP contribution is -2.48. The number of fused-ring (bicyclic) bond motifs is 3. The minimum Gasteiger partial charge on any atom is -0.465 e. The predicted molar refractivity (Wildman–Crippen MR) is 105 cm³/mol. The Morgan fingerprint density at radius 3 is 2.81 bits per heavy atom. The molecule has 27 heavy (non-hydrogen) atoms. The van der Waals surface area contributed by atoms with E-state index in [2.05, 4.69) is 30.9 Å². The highest BCUT2D eigenvalue weighted by molar-refractivity contribution is 9.10. The van der Waals surface area contributed by atoms with Crippen LogP contribution in [0.2, 0.25) is 0 Å². The van der Waals surface area contributed by atoms with Gasteiger partial charge in [0.15, 0.2) is 5.82 Å². The molecule has 5 rings (SSSR count). The Bertz CT molecular complexity index is 1070. The zero-order valence-corrected chi connectivity index (χ0v) is 15.9. The molecule has 4 heterocycles. The van der Waals surface area contributed by atoms with E-state index < -0.39 is 6.09 Å². The van der Waals surface area contributed by atoms with Gasteiger partial charge in [-0.05, 0) is 30.7 Å². The third-order valence-electron chi connectivity index (χ3n) is 5.43. The van der Waals surface area contributed by atoms with E-state index in [0.29, 0.717) is 18.9 Å². The van der Waals surface area contributed by atoms with E-state index in [9.17, 15) is 9.90 Å². The summed E-state index contributed by atoms with van der Waals surface area (Å²) in [6.45, 7) is 1.19. The molecular formula is C18H17BrN6O2. The van der Waals surface area contributed by atoms with Gasteiger partial charge >= 0.3 is 6.09 Å². The fourth-order valence-electron chi connectivity index (χ4n) is 4.19. The first-order valence-electron chi connectivity index (χ1n) is 8.67. The Kier molecular flexibility index (Phi) is 3.55. The number of amides is 1. The summed E-state index contributed by atoms with van der Waals surface area (Å²) in [7, 11) is 0. The number of halogens is 1. The van der Waals surface area contributed by atoms with Gasteiger partial charge in [0.2, 0.25) is 0 Å². The second-order valence-corrected chi connectivity index (χ2v) is 7.88. The van der Waals surface area contributed by atoms with Gasteiger partial charge in [-0.2, -0.15) is 0 Å². The Morgan fingerprint density at radius 2 is 2.07 bits per heavy atom. The molecule has 1 amide bonds. The number of pyridine rings is 1. The van der Waals surface area contributed by atoms with Gasteiger partial charge < -0.3 is 20.6 Å². The fourth-order valence-corrected chi connectivity index (χ4v) is 4.54. The Balaban J connectivity index is 1.51. The van der Waals surface area contributed by atoms with Gasteiger partial charge in [0.05, 0.1) is 23.3 Å². The largest absolute Gasteiger partial charge is 0.465 e. The number of aromatic nitrogens is 3. The number of hydrogen-bond donors (Lipinski definition) is 2. The Morgan fingerprint density at radius 1 is 1.22 bits per heavy atom. The average Bonchev–Trinajstić information content (AvgIpc) is 3.34. The number of carbonyl (C=O) groups is 1. The second kappa shape index (κ2) is 5.85. The molecule has 2 atom stereocenters. The van der Waals surface area contributed by atoms with Crippen LogP contribution in [0.25, 0.3) is 16.6 Å². The zero-order chi connectivity index (χ0) is 18.7. The summed E-state index contributed by atoms with van der Waals surface area (Å²) in [5.74, 6) is 1.32. The summed E-state index contributed by atoms with van der Waals surface area (Å²) in [5, 5.41) is 14.7. The summed E-state index contributed by atoms with van der Waals surface area (Å²) in [5.41, 5.74) is 7.87. The normalized spacial score (nSPS) is 21.4. The van der Waals surface area contributed by atoms with Crippen molar-refractivity contribution >= 4 is 44.6 Å². The summed E-state index contributed by atoms with van der Waals surface area (Å²) in [4.78, 5) is 19.5. The molecule has 8 nitrogen and oxygen atoms in total. The molecular weight excluding hydrogens is 412 g/mol. The molecule has 0 spiro atoms. The van der Waals surface area contributed by atoms with E-state index in [1.165, 1.54) is 4.90 Å². The van der Waals surface area contributed by atoms with Crippen LogP contribution in [0.4, 0.5) is 16.4 Å². The molecule has 2 aromatic heterocycles. The SMILES string of the molecule is Nc1nn(-c2ccnc(N3C[C@@H]4C[C@H]3CN4C(=O)O)c2)c2cc(Br)ccc12. The van der Waals surface area contributed by atoms with Crippen molar-refractivity contribution in [1.29, 1.82) is 0 Å². The Hall–Kier alpha value is -2.81. The van der Waals surface area contributed by atoms with Gasteiger partial charge in [-0.3, -0.25) is 0 Å². The van der Waals surface area contributed by atoms with Crippen LogP contribution in [0.3, 0.4) is 0 Å². The third kappa shape index (κ3) is 2.53. The quantitative estimate of drug-likeness (QED) is 0.650. The number of hydrogen-bond acceptors (Lipinski definition) is 5. The van der Waals surface area contributed by atoms with Crippen molar-refractivity contribution in [3.63, 3.8) is 0 Å². The van der Waals surface area contributed by atoms with Gasteiger partial charge in [-0.15, -0.1) is 5.10 Å². The molecule has 9 heteroatoms. The minimum atomic E-state index is -0.840. The number of nitrogens with zero attached hydrogens (tertiary/aromatic N) is 5. The van der Waals surface area contributed by atoms with Crippen LogP contribution < -0.4 is 10.6 Å². The summed E-state index contributed by atoms with van der Waals surface area (Å²) < 4.78 is 2.77. The molecule has 0 saturated carbocycles. The van der Waals surface area contributed by atoms with Crippen LogP contribution in [-0.4, -0.2) is 56.0 Å². The lowest BCUT2D eigenvalue weighted by molar-refractivity contribution is 0.137. The van der Waals surface area contributed by atoms with Crippen molar-refractivity contribution in [3.8, 4) is 5.69 Å². The maximum absolute atomic E-state index is 11.3. The summed E-state index contributed by atoms with van der Waals surface area (Å²) in [6.07, 6.45) is 1.77. The summed E-state index contributed by atoms with van der Waals surface area (Å²) in [6, 6.07) is 9.96. The van der Waals surface area contributed by atoms with Crippen LogP contribution in [0, 0.1) is 0 Å². The lowest BCUT2D eigenvalue weighted by Gasteiger charge is -2.33. The first kappa shape index (κ1) is 16.4. The van der Waals surface area contributed by atoms with E-state index in [0.717, 1.165) is 33.3 Å². The maximum atomic E-state index is 11.3. The molecule has 2 fully saturated rings. The minimum absolute atomic E-state index is 0.0371. The number of anilines is 2. The molecule has 2 aliphatic heterocycles. The van der Waals surface area contributed by atoms with Gasteiger partial charge in [0, 0.05) is 35.2 Å². The van der Waals surface area contributed by atoms with Gasteiger partial charge in [-0.25, -0.2) is 14.5 Å². The number of likely N-dealkylation sites (tertiary alicyclic amines) is 1. The van der Waals surface area contributed by atoms with Crippen LogP contribution in [0.1, 0.15) is 6.42 Å². The van der Waals surface area contributed by atoms with Crippen molar-refractivity contribution in [3.05, 3.63) is 41.0 Å². The van der Waals surface area contributed by atoms with Gasteiger partial charge in [0.25, 0.3) is 0 Å². The van der Waals surface area contributed by atoms with Crippen LogP contribution in [0.15, 0.2) is 41.0 Å². The highest BCUT2D eigenvalue weighted by Gasteiger charge is 2.45. The van der Waals surface area contributed by atoms with E-state index in [-0.39, 0.29) is 12.1 Å². The molecule has 138 valence electrons. The molecule has 0 aliphatic carbocycles. The van der Waals surface area contributed by atoms with Crippen molar-refractivity contribution in [2.75, 3.05) is 23.7 Å². The molecule has 2 saturated heterocycles. The average molecular weight is 429 g/mol. The number of carboxylic acid groups (broad SMARTS) is 1. The third-order valence-corrected chi connectivity index (χ3v) is 5.92. The van der Waals surface area contributed by atoms with Crippen molar-refractivity contribution < 1.29 is 9.90 Å². The van der Waals surface area contributed by atoms with Crippen molar-refractivity contribution in [2.24, 2.45) is 0 Å². The zero-order valence-electron chi connectivity index (χ0n) is 14.3.